The van der Waals surface area contributed by atoms with Crippen molar-refractivity contribution in [3.8, 4) is 0 Å². The zero-order valence-corrected chi connectivity index (χ0v) is 11.0. The van der Waals surface area contributed by atoms with Gasteiger partial charge in [-0.15, -0.1) is 0 Å². The van der Waals surface area contributed by atoms with Crippen LogP contribution in [0.2, 0.25) is 0 Å². The third-order valence-corrected chi connectivity index (χ3v) is 3.07. The maximum absolute atomic E-state index is 10.8. The molecule has 1 heterocycles. The zero-order chi connectivity index (χ0) is 9.26. The van der Waals surface area contributed by atoms with Gasteiger partial charge in [0, 0.05) is 13.1 Å². The van der Waals surface area contributed by atoms with Gasteiger partial charge in [-0.2, -0.15) is 4.31 Å². The second-order valence-electron chi connectivity index (χ2n) is 3.11. The maximum atomic E-state index is 10.8. The molecular weight excluding hydrogens is 209 g/mol. The molecule has 0 fully saturated rings. The first-order chi connectivity index (χ1) is 6.27. The molecule has 72 valence electrons. The second-order valence-corrected chi connectivity index (χ2v) is 4.09. The van der Waals surface area contributed by atoms with Gasteiger partial charge in [-0.1, -0.05) is 24.3 Å². The van der Waals surface area contributed by atoms with Gasteiger partial charge in [0.25, 0.3) is 0 Å². The van der Waals surface area contributed by atoms with Crippen molar-refractivity contribution in [1.82, 2.24) is 4.31 Å². The molecule has 1 unspecified atom stereocenters. The van der Waals surface area contributed by atoms with E-state index in [1.807, 2.05) is 18.2 Å². The summed E-state index contributed by atoms with van der Waals surface area (Å²) < 4.78 is 21.3. The minimum atomic E-state index is -1.83. The van der Waals surface area contributed by atoms with Crippen molar-refractivity contribution in [2.24, 2.45) is 0 Å². The van der Waals surface area contributed by atoms with Gasteiger partial charge < -0.3 is 1.43 Å². The smallest absolute Gasteiger partial charge is 1.00 e. The summed E-state index contributed by atoms with van der Waals surface area (Å²) in [6.45, 7) is 1.25. The Bertz CT molecular complexity index is 351. The monoisotopic (exact) mass is 221 g/mol. The van der Waals surface area contributed by atoms with E-state index in [4.69, 9.17) is 4.55 Å². The fourth-order valence-electron chi connectivity index (χ4n) is 1.60. The van der Waals surface area contributed by atoms with Crippen molar-refractivity contribution in [2.45, 2.75) is 13.0 Å². The number of hydrogen-bond acceptors (Lipinski definition) is 1. The standard InChI is InChI=1S/C9H11NO2S.Na.H/c11-13(12)10-6-5-8-3-1-2-4-9(8)7-10;;/h1-4H,5-7H2,(H,11,12);;/q;+1;-1. The Kier molecular flexibility index (Phi) is 4.76. The van der Waals surface area contributed by atoms with Crippen LogP contribution in [0.4, 0.5) is 0 Å². The van der Waals surface area contributed by atoms with Gasteiger partial charge in [0.05, 0.1) is 0 Å². The summed E-state index contributed by atoms with van der Waals surface area (Å²) in [6, 6.07) is 8.05. The van der Waals surface area contributed by atoms with Crippen LogP contribution in [0.15, 0.2) is 24.3 Å². The SMILES string of the molecule is O=S(O)N1CCc2ccccc2C1.[H-].[Na+]. The molecule has 0 spiro atoms. The van der Waals surface area contributed by atoms with Crippen molar-refractivity contribution >= 4 is 11.3 Å². The Morgan fingerprint density at radius 2 is 2.00 bits per heavy atom. The number of benzene rings is 1. The molecule has 5 heteroatoms. The normalized spacial score (nSPS) is 18.1. The van der Waals surface area contributed by atoms with E-state index < -0.39 is 11.3 Å². The predicted molar refractivity (Wildman–Crippen MR) is 52.4 cm³/mol. The largest absolute Gasteiger partial charge is 1.00 e. The maximum Gasteiger partial charge on any atom is 1.00 e. The summed E-state index contributed by atoms with van der Waals surface area (Å²) in [7, 11) is 0. The Morgan fingerprint density at radius 1 is 1.36 bits per heavy atom. The molecule has 1 aliphatic rings. The van der Waals surface area contributed by atoms with Crippen LogP contribution in [0.5, 0.6) is 0 Å². The fraction of sp³-hybridized carbons (Fsp3) is 0.333. The van der Waals surface area contributed by atoms with E-state index in [0.717, 1.165) is 12.0 Å². The summed E-state index contributed by atoms with van der Waals surface area (Å²) in [6.07, 6.45) is 0.864. The van der Waals surface area contributed by atoms with Crippen LogP contribution in [0, 0.1) is 0 Å². The number of hydrogen-bond donors (Lipinski definition) is 1. The van der Waals surface area contributed by atoms with E-state index in [2.05, 4.69) is 6.07 Å². The molecule has 2 rings (SSSR count). The molecule has 1 aromatic carbocycles. The topological polar surface area (TPSA) is 40.5 Å². The van der Waals surface area contributed by atoms with Crippen LogP contribution in [-0.2, 0) is 24.2 Å². The first kappa shape index (κ1) is 12.4. The van der Waals surface area contributed by atoms with Crippen LogP contribution in [0.1, 0.15) is 12.6 Å². The van der Waals surface area contributed by atoms with E-state index in [9.17, 15) is 4.21 Å². The van der Waals surface area contributed by atoms with Crippen LogP contribution >= 0.6 is 0 Å². The Morgan fingerprint density at radius 3 is 2.64 bits per heavy atom. The quantitative estimate of drug-likeness (QED) is 0.453. The average Bonchev–Trinajstić information content (AvgIpc) is 2.17. The first-order valence-corrected chi connectivity index (χ1v) is 5.26. The van der Waals surface area contributed by atoms with Gasteiger partial charge in [0.15, 0.2) is 0 Å². The van der Waals surface area contributed by atoms with Gasteiger partial charge in [-0.3, -0.25) is 4.55 Å². The van der Waals surface area contributed by atoms with Gasteiger partial charge >= 0.3 is 29.6 Å². The van der Waals surface area contributed by atoms with E-state index in [-0.39, 0.29) is 31.0 Å². The minimum absolute atomic E-state index is 0. The molecule has 0 saturated heterocycles. The summed E-state index contributed by atoms with van der Waals surface area (Å²) in [4.78, 5) is 0. The van der Waals surface area contributed by atoms with Crippen molar-refractivity contribution < 1.29 is 39.7 Å². The van der Waals surface area contributed by atoms with Gasteiger partial charge in [0.2, 0.25) is 11.3 Å². The molecule has 1 aromatic rings. The van der Waals surface area contributed by atoms with Gasteiger partial charge in [-0.25, -0.2) is 4.21 Å². The van der Waals surface area contributed by atoms with E-state index in [0.29, 0.717) is 13.1 Å². The van der Waals surface area contributed by atoms with Crippen LogP contribution in [0.3, 0.4) is 0 Å². The molecule has 0 saturated carbocycles. The number of rotatable bonds is 1. The third kappa shape index (κ3) is 2.66. The van der Waals surface area contributed by atoms with Crippen molar-refractivity contribution in [3.05, 3.63) is 35.4 Å². The molecule has 0 bridgehead atoms. The first-order valence-electron chi connectivity index (χ1n) is 4.20. The number of fused-ring (bicyclic) bond motifs is 1. The van der Waals surface area contributed by atoms with Crippen molar-refractivity contribution in [3.63, 3.8) is 0 Å². The fourth-order valence-corrected chi connectivity index (χ4v) is 2.10. The molecule has 0 radical (unpaired) electrons. The third-order valence-electron chi connectivity index (χ3n) is 2.32. The molecule has 3 nitrogen and oxygen atoms in total. The Balaban J connectivity index is 0.000000980. The van der Waals surface area contributed by atoms with Gasteiger partial charge in [0.1, 0.15) is 0 Å². The molecule has 0 amide bonds. The van der Waals surface area contributed by atoms with Crippen molar-refractivity contribution in [1.29, 1.82) is 0 Å². The molecule has 1 aliphatic heterocycles. The summed E-state index contributed by atoms with van der Waals surface area (Å²) in [5.74, 6) is 0. The van der Waals surface area contributed by atoms with Crippen molar-refractivity contribution in [2.75, 3.05) is 6.54 Å². The van der Waals surface area contributed by atoms with E-state index >= 15 is 0 Å². The van der Waals surface area contributed by atoms with Crippen LogP contribution < -0.4 is 29.6 Å². The zero-order valence-electron chi connectivity index (χ0n) is 9.14. The summed E-state index contributed by atoms with van der Waals surface area (Å²) in [5, 5.41) is 0. The molecular formula is C9H12NNaO2S. The molecule has 0 aromatic heterocycles. The Hall–Kier alpha value is 0.290. The number of nitrogens with zero attached hydrogens (tertiary/aromatic N) is 1. The molecule has 14 heavy (non-hydrogen) atoms. The molecule has 0 aliphatic carbocycles. The minimum Gasteiger partial charge on any atom is -1.00 e. The summed E-state index contributed by atoms with van der Waals surface area (Å²) >= 11 is -1.83. The van der Waals surface area contributed by atoms with Crippen LogP contribution in [0.25, 0.3) is 0 Å². The predicted octanol–water partition coefficient (Wildman–Crippen LogP) is -1.70. The van der Waals surface area contributed by atoms with E-state index in [1.165, 1.54) is 5.56 Å². The average molecular weight is 221 g/mol. The van der Waals surface area contributed by atoms with Gasteiger partial charge in [-0.05, 0) is 17.5 Å². The Labute approximate surface area is 110 Å². The summed E-state index contributed by atoms with van der Waals surface area (Å²) in [5.41, 5.74) is 2.46. The molecule has 1 atom stereocenters. The molecule has 1 N–H and O–H groups in total. The second kappa shape index (κ2) is 5.39. The van der Waals surface area contributed by atoms with Crippen LogP contribution in [-0.4, -0.2) is 19.6 Å². The van der Waals surface area contributed by atoms with E-state index in [1.54, 1.807) is 4.31 Å².